The molecule has 0 bridgehead atoms. The Bertz CT molecular complexity index is 1060. The molecule has 0 saturated heterocycles. The number of carbonyl (C=O) groups is 1. The van der Waals surface area contributed by atoms with Gasteiger partial charge in [0.2, 0.25) is 0 Å². The van der Waals surface area contributed by atoms with Crippen LogP contribution in [-0.2, 0) is 12.3 Å². The van der Waals surface area contributed by atoms with Crippen molar-refractivity contribution in [1.82, 2.24) is 9.88 Å². The predicted molar refractivity (Wildman–Crippen MR) is 117 cm³/mol. The van der Waals surface area contributed by atoms with Crippen LogP contribution in [0.4, 0.5) is 0 Å². The van der Waals surface area contributed by atoms with Crippen LogP contribution in [0.15, 0.2) is 96.0 Å². The summed E-state index contributed by atoms with van der Waals surface area (Å²) in [5, 5.41) is 4.27. The molecule has 3 nitrogen and oxygen atoms in total. The maximum Gasteiger partial charge on any atom is 0.251 e. The predicted octanol–water partition coefficient (Wildman–Crippen LogP) is 5.36. The molecule has 0 saturated carbocycles. The van der Waals surface area contributed by atoms with Crippen molar-refractivity contribution in [1.29, 1.82) is 0 Å². The van der Waals surface area contributed by atoms with Crippen LogP contribution in [-0.4, -0.2) is 17.0 Å². The zero-order chi connectivity index (χ0) is 19.2. The number of aromatic nitrogens is 1. The molecular weight excluding hydrogens is 364 g/mol. The second kappa shape index (κ2) is 8.81. The largest absolute Gasteiger partial charge is 0.350 e. The van der Waals surface area contributed by atoms with Gasteiger partial charge in [0, 0.05) is 46.4 Å². The maximum absolute atomic E-state index is 12.2. The highest BCUT2D eigenvalue weighted by Crippen LogP contribution is 2.32. The highest BCUT2D eigenvalue weighted by Gasteiger charge is 2.10. The van der Waals surface area contributed by atoms with Gasteiger partial charge >= 0.3 is 0 Å². The number of thioether (sulfide) groups is 1. The fraction of sp³-hybridized carbons (Fsp3) is 0.125. The lowest BCUT2D eigenvalue weighted by Gasteiger charge is -2.07. The van der Waals surface area contributed by atoms with Crippen LogP contribution >= 0.6 is 11.8 Å². The first-order valence-electron chi connectivity index (χ1n) is 9.39. The Kier molecular flexibility index (Phi) is 5.78. The lowest BCUT2D eigenvalue weighted by molar-refractivity contribution is 0.0952. The molecule has 0 aliphatic rings. The molecule has 0 unspecified atom stereocenters. The van der Waals surface area contributed by atoms with Crippen LogP contribution in [0.25, 0.3) is 10.9 Å². The van der Waals surface area contributed by atoms with E-state index in [1.165, 1.54) is 21.4 Å². The zero-order valence-corrected chi connectivity index (χ0v) is 16.4. The normalized spacial score (nSPS) is 10.9. The maximum atomic E-state index is 12.2. The summed E-state index contributed by atoms with van der Waals surface area (Å²) in [4.78, 5) is 13.5. The van der Waals surface area contributed by atoms with E-state index in [9.17, 15) is 4.79 Å². The Labute approximate surface area is 169 Å². The van der Waals surface area contributed by atoms with Crippen molar-refractivity contribution in [2.75, 3.05) is 6.54 Å². The average Bonchev–Trinajstić information content (AvgIpc) is 3.11. The van der Waals surface area contributed by atoms with E-state index in [2.05, 4.69) is 64.6 Å². The van der Waals surface area contributed by atoms with E-state index < -0.39 is 0 Å². The van der Waals surface area contributed by atoms with E-state index in [0.29, 0.717) is 12.1 Å². The third-order valence-electron chi connectivity index (χ3n) is 4.66. The summed E-state index contributed by atoms with van der Waals surface area (Å²) in [6.07, 6.45) is 2.20. The third-order valence-corrected chi connectivity index (χ3v) is 5.78. The van der Waals surface area contributed by atoms with E-state index in [1.54, 1.807) is 0 Å². The first-order chi connectivity index (χ1) is 13.8. The highest BCUT2D eigenvalue weighted by molar-refractivity contribution is 7.98. The summed E-state index contributed by atoms with van der Waals surface area (Å²) in [6.45, 7) is 1.33. The van der Waals surface area contributed by atoms with Crippen molar-refractivity contribution in [3.8, 4) is 0 Å². The fourth-order valence-corrected chi connectivity index (χ4v) is 4.27. The van der Waals surface area contributed by atoms with Crippen LogP contribution in [0.2, 0.25) is 0 Å². The van der Waals surface area contributed by atoms with E-state index in [1.807, 2.05) is 48.2 Å². The molecule has 0 aliphatic heterocycles. The van der Waals surface area contributed by atoms with Crippen molar-refractivity contribution >= 4 is 28.6 Å². The number of amides is 1. The Balaban J connectivity index is 1.44. The van der Waals surface area contributed by atoms with Gasteiger partial charge in [-0.2, -0.15) is 0 Å². The van der Waals surface area contributed by atoms with E-state index in [4.69, 9.17) is 0 Å². The molecule has 1 heterocycles. The smallest absolute Gasteiger partial charge is 0.251 e. The van der Waals surface area contributed by atoms with Crippen molar-refractivity contribution in [2.24, 2.45) is 0 Å². The summed E-state index contributed by atoms with van der Waals surface area (Å²) in [5.41, 5.74) is 3.21. The summed E-state index contributed by atoms with van der Waals surface area (Å²) >= 11 is 1.85. The summed E-state index contributed by atoms with van der Waals surface area (Å²) in [7, 11) is 0. The molecule has 3 aromatic carbocycles. The number of nitrogens with one attached hydrogen (secondary N) is 1. The SMILES string of the molecule is O=C(NCCn1cc(SCc2ccccc2)c2ccccc21)c1ccccc1. The molecule has 4 aromatic rings. The molecule has 1 amide bonds. The monoisotopic (exact) mass is 386 g/mol. The van der Waals surface area contributed by atoms with Gasteiger partial charge < -0.3 is 9.88 Å². The van der Waals surface area contributed by atoms with E-state index in [-0.39, 0.29) is 5.91 Å². The molecule has 0 radical (unpaired) electrons. The van der Waals surface area contributed by atoms with Crippen molar-refractivity contribution in [3.05, 3.63) is 102 Å². The minimum atomic E-state index is -0.0317. The van der Waals surface area contributed by atoms with Gasteiger partial charge in [0.1, 0.15) is 0 Å². The van der Waals surface area contributed by atoms with Gasteiger partial charge in [-0.25, -0.2) is 0 Å². The van der Waals surface area contributed by atoms with Gasteiger partial charge in [-0.05, 0) is 23.8 Å². The molecular formula is C24H22N2OS. The second-order valence-corrected chi connectivity index (χ2v) is 7.62. The summed E-state index contributed by atoms with van der Waals surface area (Å²) < 4.78 is 2.23. The number of hydrogen-bond acceptors (Lipinski definition) is 2. The van der Waals surface area contributed by atoms with E-state index in [0.717, 1.165) is 12.3 Å². The number of rotatable bonds is 7. The molecule has 1 N–H and O–H groups in total. The number of carbonyl (C=O) groups excluding carboxylic acids is 1. The average molecular weight is 387 g/mol. The van der Waals surface area contributed by atoms with Crippen LogP contribution in [0, 0.1) is 0 Å². The van der Waals surface area contributed by atoms with Gasteiger partial charge in [-0.15, -0.1) is 11.8 Å². The second-order valence-electron chi connectivity index (χ2n) is 6.60. The quantitative estimate of drug-likeness (QED) is 0.434. The van der Waals surface area contributed by atoms with Gasteiger partial charge in [0.25, 0.3) is 5.91 Å². The lowest BCUT2D eigenvalue weighted by Crippen LogP contribution is -2.26. The van der Waals surface area contributed by atoms with Crippen LogP contribution in [0.5, 0.6) is 0 Å². The molecule has 0 atom stereocenters. The molecule has 0 aliphatic carbocycles. The summed E-state index contributed by atoms with van der Waals surface area (Å²) in [6, 6.07) is 28.3. The Hall–Kier alpha value is -2.98. The number of nitrogens with zero attached hydrogens (tertiary/aromatic N) is 1. The zero-order valence-electron chi connectivity index (χ0n) is 15.5. The molecule has 4 heteroatoms. The lowest BCUT2D eigenvalue weighted by atomic mass is 10.2. The van der Waals surface area contributed by atoms with Gasteiger partial charge in [-0.3, -0.25) is 4.79 Å². The van der Waals surface area contributed by atoms with Crippen LogP contribution in [0.3, 0.4) is 0 Å². The topological polar surface area (TPSA) is 34.0 Å². The number of benzene rings is 3. The first-order valence-corrected chi connectivity index (χ1v) is 10.4. The van der Waals surface area contributed by atoms with Crippen molar-refractivity contribution < 1.29 is 4.79 Å². The molecule has 28 heavy (non-hydrogen) atoms. The molecule has 1 aromatic heterocycles. The highest BCUT2D eigenvalue weighted by atomic mass is 32.2. The Morgan fingerprint density at radius 1 is 0.857 bits per heavy atom. The molecule has 0 fully saturated rings. The number of fused-ring (bicyclic) bond motifs is 1. The van der Waals surface area contributed by atoms with Crippen molar-refractivity contribution in [3.63, 3.8) is 0 Å². The number of hydrogen-bond donors (Lipinski definition) is 1. The third kappa shape index (κ3) is 4.29. The Morgan fingerprint density at radius 3 is 2.32 bits per heavy atom. The van der Waals surface area contributed by atoms with Gasteiger partial charge in [0.15, 0.2) is 0 Å². The van der Waals surface area contributed by atoms with Crippen LogP contribution in [0.1, 0.15) is 15.9 Å². The Morgan fingerprint density at radius 2 is 1.54 bits per heavy atom. The standard InChI is InChI=1S/C24H22N2OS/c27-24(20-11-5-2-6-12-20)25-15-16-26-17-23(21-13-7-8-14-22(21)26)28-18-19-9-3-1-4-10-19/h1-14,17H,15-16,18H2,(H,25,27). The minimum absolute atomic E-state index is 0.0317. The number of para-hydroxylation sites is 1. The molecule has 4 rings (SSSR count). The molecule has 140 valence electrons. The molecule has 0 spiro atoms. The summed E-state index contributed by atoms with van der Waals surface area (Å²) in [5.74, 6) is 0.912. The van der Waals surface area contributed by atoms with Gasteiger partial charge in [0.05, 0.1) is 0 Å². The van der Waals surface area contributed by atoms with Gasteiger partial charge in [-0.1, -0.05) is 66.7 Å². The van der Waals surface area contributed by atoms with Crippen LogP contribution < -0.4 is 5.32 Å². The van der Waals surface area contributed by atoms with E-state index >= 15 is 0 Å². The fourth-order valence-electron chi connectivity index (χ4n) is 3.23. The minimum Gasteiger partial charge on any atom is -0.350 e. The van der Waals surface area contributed by atoms with Crippen molar-refractivity contribution in [2.45, 2.75) is 17.2 Å². The first kappa shape index (κ1) is 18.4.